The van der Waals surface area contributed by atoms with Gasteiger partial charge in [-0.1, -0.05) is 72.8 Å². The van der Waals surface area contributed by atoms with Gasteiger partial charge in [-0.15, -0.1) is 0 Å². The van der Waals surface area contributed by atoms with Crippen molar-refractivity contribution in [1.29, 1.82) is 0 Å². The van der Waals surface area contributed by atoms with Crippen LogP contribution in [0.1, 0.15) is 23.5 Å². The van der Waals surface area contributed by atoms with E-state index in [1.54, 1.807) is 0 Å². The Morgan fingerprint density at radius 2 is 1.67 bits per heavy atom. The molecule has 1 heterocycles. The van der Waals surface area contributed by atoms with Gasteiger partial charge in [0, 0.05) is 25.4 Å². The van der Waals surface area contributed by atoms with E-state index in [9.17, 15) is 4.79 Å². The summed E-state index contributed by atoms with van der Waals surface area (Å²) < 4.78 is 0. The summed E-state index contributed by atoms with van der Waals surface area (Å²) in [7, 11) is 0. The van der Waals surface area contributed by atoms with Crippen molar-refractivity contribution in [2.24, 2.45) is 11.7 Å². The molecule has 3 heteroatoms. The van der Waals surface area contributed by atoms with Gasteiger partial charge < -0.3 is 10.6 Å². The Bertz CT molecular complexity index is 922. The standard InChI is InChI=1S/C24H26N2O/c25-15-22-16-26(17-23(22)20-7-2-1-3-8-20)24(27)13-11-18-10-12-19-6-4-5-9-21(19)14-18/h1-10,12,14,22-23H,11,13,15-17,25H2/t22-,23+/m1/s1. The minimum atomic E-state index is 0.236. The molecule has 2 N–H and O–H groups in total. The van der Waals surface area contributed by atoms with Crippen LogP contribution in [0, 0.1) is 5.92 Å². The molecule has 1 aliphatic heterocycles. The number of nitrogens with two attached hydrogens (primary N) is 1. The lowest BCUT2D eigenvalue weighted by Gasteiger charge is -2.17. The van der Waals surface area contributed by atoms with E-state index in [1.807, 2.05) is 11.0 Å². The van der Waals surface area contributed by atoms with Crippen molar-refractivity contribution in [3.8, 4) is 0 Å². The molecule has 27 heavy (non-hydrogen) atoms. The van der Waals surface area contributed by atoms with E-state index in [4.69, 9.17) is 5.73 Å². The number of hydrogen-bond donors (Lipinski definition) is 1. The lowest BCUT2D eigenvalue weighted by molar-refractivity contribution is -0.130. The molecule has 3 aromatic carbocycles. The zero-order chi connectivity index (χ0) is 18.6. The molecule has 0 spiro atoms. The summed E-state index contributed by atoms with van der Waals surface area (Å²) in [6, 6.07) is 25.3. The quantitative estimate of drug-likeness (QED) is 0.750. The van der Waals surface area contributed by atoms with E-state index in [-0.39, 0.29) is 5.91 Å². The van der Waals surface area contributed by atoms with Crippen molar-refractivity contribution < 1.29 is 4.79 Å². The number of carbonyl (C=O) groups is 1. The van der Waals surface area contributed by atoms with Gasteiger partial charge in [0.05, 0.1) is 0 Å². The summed E-state index contributed by atoms with van der Waals surface area (Å²) in [6.07, 6.45) is 1.33. The highest BCUT2D eigenvalue weighted by Gasteiger charge is 2.34. The maximum Gasteiger partial charge on any atom is 0.222 e. The molecule has 1 fully saturated rings. The van der Waals surface area contributed by atoms with Crippen molar-refractivity contribution in [3.05, 3.63) is 83.9 Å². The van der Waals surface area contributed by atoms with Crippen LogP contribution in [-0.2, 0) is 11.2 Å². The lowest BCUT2D eigenvalue weighted by Crippen LogP contribution is -2.30. The van der Waals surface area contributed by atoms with Gasteiger partial charge in [0.2, 0.25) is 5.91 Å². The molecule has 0 radical (unpaired) electrons. The molecule has 1 saturated heterocycles. The predicted molar refractivity (Wildman–Crippen MR) is 111 cm³/mol. The first-order valence-corrected chi connectivity index (χ1v) is 9.75. The summed E-state index contributed by atoms with van der Waals surface area (Å²) in [5, 5.41) is 2.47. The molecule has 1 amide bonds. The average Bonchev–Trinajstić information content (AvgIpc) is 3.17. The fourth-order valence-electron chi connectivity index (χ4n) is 4.20. The number of aryl methyl sites for hydroxylation is 1. The second-order valence-electron chi connectivity index (χ2n) is 7.49. The number of nitrogens with zero attached hydrogens (tertiary/aromatic N) is 1. The molecule has 2 atom stereocenters. The van der Waals surface area contributed by atoms with E-state index < -0.39 is 0 Å². The molecule has 0 unspecified atom stereocenters. The smallest absolute Gasteiger partial charge is 0.222 e. The van der Waals surface area contributed by atoms with Gasteiger partial charge in [-0.25, -0.2) is 0 Å². The normalized spacial score (nSPS) is 19.5. The fourth-order valence-corrected chi connectivity index (χ4v) is 4.20. The second kappa shape index (κ2) is 7.93. The number of carbonyl (C=O) groups excluding carboxylic acids is 1. The topological polar surface area (TPSA) is 46.3 Å². The van der Waals surface area contributed by atoms with Crippen LogP contribution >= 0.6 is 0 Å². The molecule has 4 rings (SSSR count). The number of benzene rings is 3. The first-order chi connectivity index (χ1) is 13.2. The van der Waals surface area contributed by atoms with Crippen LogP contribution in [0.5, 0.6) is 0 Å². The van der Waals surface area contributed by atoms with Crippen LogP contribution in [-0.4, -0.2) is 30.4 Å². The van der Waals surface area contributed by atoms with Crippen LogP contribution in [0.3, 0.4) is 0 Å². The molecule has 0 aliphatic carbocycles. The predicted octanol–water partition coefficient (Wildman–Crippen LogP) is 3.97. The van der Waals surface area contributed by atoms with Crippen molar-refractivity contribution in [2.75, 3.05) is 19.6 Å². The molecule has 0 bridgehead atoms. The van der Waals surface area contributed by atoms with Crippen LogP contribution in [0.2, 0.25) is 0 Å². The maximum absolute atomic E-state index is 12.8. The highest BCUT2D eigenvalue weighted by molar-refractivity contribution is 5.83. The number of amides is 1. The molecular weight excluding hydrogens is 332 g/mol. The van der Waals surface area contributed by atoms with Crippen molar-refractivity contribution >= 4 is 16.7 Å². The van der Waals surface area contributed by atoms with Crippen molar-refractivity contribution in [3.63, 3.8) is 0 Å². The molecule has 3 aromatic rings. The Morgan fingerprint density at radius 1 is 0.926 bits per heavy atom. The zero-order valence-corrected chi connectivity index (χ0v) is 15.6. The van der Waals surface area contributed by atoms with Gasteiger partial charge in [0.15, 0.2) is 0 Å². The van der Waals surface area contributed by atoms with E-state index in [2.05, 4.69) is 66.7 Å². The third-order valence-electron chi connectivity index (χ3n) is 5.77. The molecule has 3 nitrogen and oxygen atoms in total. The Morgan fingerprint density at radius 3 is 2.44 bits per heavy atom. The third kappa shape index (κ3) is 3.88. The minimum Gasteiger partial charge on any atom is -0.342 e. The SMILES string of the molecule is NC[C@@H]1CN(C(=O)CCc2ccc3ccccc3c2)C[C@H]1c1ccccc1. The number of likely N-dealkylation sites (tertiary alicyclic amines) is 1. The van der Waals surface area contributed by atoms with Gasteiger partial charge >= 0.3 is 0 Å². The van der Waals surface area contributed by atoms with Crippen molar-refractivity contribution in [1.82, 2.24) is 4.90 Å². The van der Waals surface area contributed by atoms with Gasteiger partial charge in [0.25, 0.3) is 0 Å². The number of fused-ring (bicyclic) bond motifs is 1. The first kappa shape index (κ1) is 17.7. The fraction of sp³-hybridized carbons (Fsp3) is 0.292. The average molecular weight is 358 g/mol. The molecule has 0 aromatic heterocycles. The highest BCUT2D eigenvalue weighted by atomic mass is 16.2. The molecule has 0 saturated carbocycles. The maximum atomic E-state index is 12.8. The van der Waals surface area contributed by atoms with E-state index in [0.29, 0.717) is 24.8 Å². The number of rotatable bonds is 5. The van der Waals surface area contributed by atoms with Crippen LogP contribution in [0.25, 0.3) is 10.8 Å². The van der Waals surface area contributed by atoms with Gasteiger partial charge in [-0.2, -0.15) is 0 Å². The molecule has 138 valence electrons. The van der Waals surface area contributed by atoms with Gasteiger partial charge in [-0.3, -0.25) is 4.79 Å². The first-order valence-electron chi connectivity index (χ1n) is 9.75. The van der Waals surface area contributed by atoms with E-state index in [1.165, 1.54) is 21.9 Å². The Kier molecular flexibility index (Phi) is 5.21. The minimum absolute atomic E-state index is 0.236. The summed E-state index contributed by atoms with van der Waals surface area (Å²) in [5.74, 6) is 0.929. The Hall–Kier alpha value is -2.65. The molecule has 1 aliphatic rings. The van der Waals surface area contributed by atoms with Gasteiger partial charge in [-0.05, 0) is 40.8 Å². The van der Waals surface area contributed by atoms with Crippen molar-refractivity contribution in [2.45, 2.75) is 18.8 Å². The lowest BCUT2D eigenvalue weighted by atomic mass is 9.89. The van der Waals surface area contributed by atoms with Gasteiger partial charge in [0.1, 0.15) is 0 Å². The highest BCUT2D eigenvalue weighted by Crippen LogP contribution is 2.32. The summed E-state index contributed by atoms with van der Waals surface area (Å²) in [5.41, 5.74) is 8.51. The van der Waals surface area contributed by atoms with E-state index in [0.717, 1.165) is 19.5 Å². The third-order valence-corrected chi connectivity index (χ3v) is 5.77. The number of hydrogen-bond acceptors (Lipinski definition) is 2. The zero-order valence-electron chi connectivity index (χ0n) is 15.6. The summed E-state index contributed by atoms with van der Waals surface area (Å²) in [4.78, 5) is 14.8. The van der Waals surface area contributed by atoms with Crippen LogP contribution < -0.4 is 5.73 Å². The summed E-state index contributed by atoms with van der Waals surface area (Å²) in [6.45, 7) is 2.17. The monoisotopic (exact) mass is 358 g/mol. The largest absolute Gasteiger partial charge is 0.342 e. The Balaban J connectivity index is 1.40. The second-order valence-corrected chi connectivity index (χ2v) is 7.49. The molecular formula is C24H26N2O. The van der Waals surface area contributed by atoms with Crippen LogP contribution in [0.15, 0.2) is 72.8 Å². The summed E-state index contributed by atoms with van der Waals surface area (Å²) >= 11 is 0. The Labute approximate surface area is 160 Å². The van der Waals surface area contributed by atoms with E-state index >= 15 is 0 Å². The van der Waals surface area contributed by atoms with Crippen LogP contribution in [0.4, 0.5) is 0 Å².